The lowest BCUT2D eigenvalue weighted by molar-refractivity contribution is 0.0746. The molecule has 1 aliphatic rings. The van der Waals surface area contributed by atoms with Gasteiger partial charge in [0.05, 0.1) is 0 Å². The normalized spacial score (nSPS) is 13.8. The van der Waals surface area contributed by atoms with Crippen LogP contribution < -0.4 is 9.64 Å². The van der Waals surface area contributed by atoms with Crippen molar-refractivity contribution >= 4 is 11.7 Å². The summed E-state index contributed by atoms with van der Waals surface area (Å²) in [4.78, 5) is 25.7. The van der Waals surface area contributed by atoms with Gasteiger partial charge in [-0.3, -0.25) is 4.79 Å². The number of carbonyl (C=O) groups excluding carboxylic acids is 1. The lowest BCUT2D eigenvalue weighted by Gasteiger charge is -2.35. The number of amides is 1. The van der Waals surface area contributed by atoms with Crippen molar-refractivity contribution in [1.29, 1.82) is 0 Å². The molecule has 160 valence electrons. The van der Waals surface area contributed by atoms with Crippen LogP contribution in [-0.4, -0.2) is 56.7 Å². The van der Waals surface area contributed by atoms with E-state index in [2.05, 4.69) is 20.0 Å². The Balaban J connectivity index is 1.20. The van der Waals surface area contributed by atoms with E-state index in [1.54, 1.807) is 17.2 Å². The number of nitrogens with zero attached hydrogens (tertiary/aromatic N) is 6. The second-order valence-electron chi connectivity index (χ2n) is 7.40. The third kappa shape index (κ3) is 4.29. The van der Waals surface area contributed by atoms with Crippen molar-refractivity contribution < 1.29 is 9.53 Å². The number of anilines is 1. The second-order valence-corrected chi connectivity index (χ2v) is 7.40. The summed E-state index contributed by atoms with van der Waals surface area (Å²) in [5.74, 6) is 3.05. The quantitative estimate of drug-likeness (QED) is 0.487. The number of piperazine rings is 1. The molecule has 0 radical (unpaired) electrons. The van der Waals surface area contributed by atoms with Crippen LogP contribution >= 0.6 is 0 Å². The zero-order valence-electron chi connectivity index (χ0n) is 17.4. The fraction of sp³-hybridized carbons (Fsp3) is 0.167. The molecule has 4 aromatic rings. The molecule has 0 aliphatic carbocycles. The molecule has 0 spiro atoms. The van der Waals surface area contributed by atoms with Gasteiger partial charge in [-0.1, -0.05) is 18.2 Å². The van der Waals surface area contributed by atoms with Crippen molar-refractivity contribution in [3.8, 4) is 17.3 Å². The number of benzene rings is 2. The third-order valence-electron chi connectivity index (χ3n) is 5.35. The van der Waals surface area contributed by atoms with Gasteiger partial charge < -0.3 is 14.5 Å². The fourth-order valence-corrected chi connectivity index (χ4v) is 3.65. The highest BCUT2D eigenvalue weighted by atomic mass is 16.5. The van der Waals surface area contributed by atoms with Crippen LogP contribution in [0.1, 0.15) is 10.4 Å². The van der Waals surface area contributed by atoms with E-state index in [0.29, 0.717) is 37.5 Å². The highest BCUT2D eigenvalue weighted by molar-refractivity contribution is 5.94. The average molecular weight is 426 g/mol. The molecule has 1 fully saturated rings. The minimum atomic E-state index is 0.0239. The van der Waals surface area contributed by atoms with Crippen molar-refractivity contribution in [2.45, 2.75) is 0 Å². The fourth-order valence-electron chi connectivity index (χ4n) is 3.65. The molecule has 5 rings (SSSR count). The summed E-state index contributed by atoms with van der Waals surface area (Å²) in [6, 6.07) is 20.6. The van der Waals surface area contributed by atoms with Gasteiger partial charge in [-0.25, -0.2) is 14.6 Å². The molecule has 1 aliphatic heterocycles. The SMILES string of the molecule is O=C(c1ccc(Oc2ccccc2)cc1)N1CCN(c2cc(-n3cccn3)ncn2)CC1. The molecular formula is C24H22N6O2. The van der Waals surface area contributed by atoms with Crippen LogP contribution in [0.4, 0.5) is 5.82 Å². The van der Waals surface area contributed by atoms with Crippen LogP contribution in [0, 0.1) is 0 Å². The van der Waals surface area contributed by atoms with Crippen LogP contribution in [0.25, 0.3) is 5.82 Å². The van der Waals surface area contributed by atoms with Gasteiger partial charge in [0.15, 0.2) is 5.82 Å². The van der Waals surface area contributed by atoms with Gasteiger partial charge in [-0.2, -0.15) is 5.10 Å². The van der Waals surface area contributed by atoms with Gasteiger partial charge in [0.2, 0.25) is 0 Å². The van der Waals surface area contributed by atoms with E-state index in [0.717, 1.165) is 17.4 Å². The molecule has 0 unspecified atom stereocenters. The zero-order chi connectivity index (χ0) is 21.8. The molecule has 0 saturated carbocycles. The van der Waals surface area contributed by atoms with Crippen LogP contribution in [0.5, 0.6) is 11.5 Å². The van der Waals surface area contributed by atoms with Gasteiger partial charge in [-0.05, 0) is 42.5 Å². The summed E-state index contributed by atoms with van der Waals surface area (Å²) < 4.78 is 7.51. The van der Waals surface area contributed by atoms with Gasteiger partial charge in [0.25, 0.3) is 5.91 Å². The molecule has 1 saturated heterocycles. The van der Waals surface area contributed by atoms with Crippen LogP contribution in [0.2, 0.25) is 0 Å². The average Bonchev–Trinajstić information content (AvgIpc) is 3.40. The van der Waals surface area contributed by atoms with Crippen molar-refractivity contribution in [3.63, 3.8) is 0 Å². The van der Waals surface area contributed by atoms with E-state index < -0.39 is 0 Å². The summed E-state index contributed by atoms with van der Waals surface area (Å²) in [6.07, 6.45) is 5.11. The molecule has 1 amide bonds. The van der Waals surface area contributed by atoms with E-state index >= 15 is 0 Å². The number of carbonyl (C=O) groups is 1. The zero-order valence-corrected chi connectivity index (χ0v) is 17.4. The van der Waals surface area contributed by atoms with Gasteiger partial charge in [-0.15, -0.1) is 0 Å². The van der Waals surface area contributed by atoms with E-state index in [-0.39, 0.29) is 5.91 Å². The Kier molecular flexibility index (Phi) is 5.48. The lowest BCUT2D eigenvalue weighted by Crippen LogP contribution is -2.49. The van der Waals surface area contributed by atoms with Gasteiger partial charge >= 0.3 is 0 Å². The van der Waals surface area contributed by atoms with Crippen molar-refractivity contribution in [1.82, 2.24) is 24.6 Å². The van der Waals surface area contributed by atoms with Crippen molar-refractivity contribution in [3.05, 3.63) is 91.0 Å². The largest absolute Gasteiger partial charge is 0.457 e. The van der Waals surface area contributed by atoms with Crippen LogP contribution in [0.15, 0.2) is 85.5 Å². The minimum Gasteiger partial charge on any atom is -0.457 e. The van der Waals surface area contributed by atoms with E-state index in [1.807, 2.05) is 77.8 Å². The van der Waals surface area contributed by atoms with E-state index in [1.165, 1.54) is 0 Å². The topological polar surface area (TPSA) is 76.4 Å². The molecule has 2 aromatic carbocycles. The molecule has 3 heterocycles. The van der Waals surface area contributed by atoms with Gasteiger partial charge in [0.1, 0.15) is 23.6 Å². The number of rotatable bonds is 5. The first kappa shape index (κ1) is 19.7. The van der Waals surface area contributed by atoms with Crippen molar-refractivity contribution in [2.24, 2.45) is 0 Å². The Morgan fingerprint density at radius 1 is 0.812 bits per heavy atom. The molecule has 2 aromatic heterocycles. The first-order chi connectivity index (χ1) is 15.8. The maximum atomic E-state index is 13.0. The maximum absolute atomic E-state index is 13.0. The van der Waals surface area contributed by atoms with Crippen LogP contribution in [-0.2, 0) is 0 Å². The minimum absolute atomic E-state index is 0.0239. The molecule has 0 N–H and O–H groups in total. The predicted molar refractivity (Wildman–Crippen MR) is 120 cm³/mol. The Labute approximate surface area is 185 Å². The molecular weight excluding hydrogens is 404 g/mol. The Hall–Kier alpha value is -4.20. The smallest absolute Gasteiger partial charge is 0.253 e. The number of para-hydroxylation sites is 1. The summed E-state index contributed by atoms with van der Waals surface area (Å²) in [7, 11) is 0. The molecule has 0 atom stereocenters. The highest BCUT2D eigenvalue weighted by Crippen LogP contribution is 2.22. The molecule has 32 heavy (non-hydrogen) atoms. The Bertz CT molecular complexity index is 1170. The first-order valence-corrected chi connectivity index (χ1v) is 10.5. The Morgan fingerprint density at radius 2 is 1.53 bits per heavy atom. The third-order valence-corrected chi connectivity index (χ3v) is 5.35. The maximum Gasteiger partial charge on any atom is 0.253 e. The molecule has 8 nitrogen and oxygen atoms in total. The van der Waals surface area contributed by atoms with Crippen LogP contribution in [0.3, 0.4) is 0 Å². The predicted octanol–water partition coefficient (Wildman–Crippen LogP) is 3.42. The monoisotopic (exact) mass is 426 g/mol. The summed E-state index contributed by atoms with van der Waals surface area (Å²) >= 11 is 0. The summed E-state index contributed by atoms with van der Waals surface area (Å²) in [6.45, 7) is 2.66. The van der Waals surface area contributed by atoms with Gasteiger partial charge in [0, 0.05) is 50.2 Å². The summed E-state index contributed by atoms with van der Waals surface area (Å²) in [5.41, 5.74) is 0.655. The van der Waals surface area contributed by atoms with E-state index in [4.69, 9.17) is 4.74 Å². The van der Waals surface area contributed by atoms with E-state index in [9.17, 15) is 4.79 Å². The first-order valence-electron chi connectivity index (χ1n) is 10.5. The number of aromatic nitrogens is 4. The second kappa shape index (κ2) is 8.89. The highest BCUT2D eigenvalue weighted by Gasteiger charge is 2.23. The molecule has 8 heteroatoms. The Morgan fingerprint density at radius 3 is 2.25 bits per heavy atom. The summed E-state index contributed by atoms with van der Waals surface area (Å²) in [5, 5.41) is 4.22. The standard InChI is InChI=1S/C24H22N6O2/c31-24(19-7-9-21(10-8-19)32-20-5-2-1-3-6-20)29-15-13-28(14-16-29)22-17-23(26-18-25-22)30-12-4-11-27-30/h1-12,17-18H,13-16H2. The number of hydrogen-bond acceptors (Lipinski definition) is 6. The van der Waals surface area contributed by atoms with Crippen molar-refractivity contribution in [2.75, 3.05) is 31.1 Å². The molecule has 0 bridgehead atoms. The lowest BCUT2D eigenvalue weighted by atomic mass is 10.1. The number of ether oxygens (including phenoxy) is 1. The number of hydrogen-bond donors (Lipinski definition) is 0.